The Morgan fingerprint density at radius 3 is 2.44 bits per heavy atom. The summed E-state index contributed by atoms with van der Waals surface area (Å²) in [6.07, 6.45) is 7.48. The number of hydrogen-bond acceptors (Lipinski definition) is 3. The van der Waals surface area contributed by atoms with Gasteiger partial charge in [-0.15, -0.1) is 0 Å². The molecule has 0 bridgehead atoms. The Balaban J connectivity index is 3.11. The van der Waals surface area contributed by atoms with E-state index in [0.29, 0.717) is 6.73 Å². The number of ether oxygens (including phenoxy) is 1. The van der Waals surface area contributed by atoms with Crippen LogP contribution in [0.3, 0.4) is 0 Å². The largest absolute Gasteiger partial charge is 0.480 e. The molecule has 0 saturated carbocycles. The first kappa shape index (κ1) is 15.4. The van der Waals surface area contributed by atoms with E-state index in [1.807, 2.05) is 0 Å². The molecule has 0 atom stereocenters. The summed E-state index contributed by atoms with van der Waals surface area (Å²) in [4.78, 5) is 12.0. The number of carboxylic acid groups (broad SMARTS) is 1. The second-order valence-electron chi connectivity index (χ2n) is 4.21. The zero-order chi connectivity index (χ0) is 12.2. The van der Waals surface area contributed by atoms with Crippen molar-refractivity contribution in [2.45, 2.75) is 45.4 Å². The number of carboxylic acids is 1. The zero-order valence-corrected chi connectivity index (χ0v) is 10.6. The summed E-state index contributed by atoms with van der Waals surface area (Å²) in [5.41, 5.74) is 0. The minimum Gasteiger partial charge on any atom is -0.480 e. The molecular weight excluding hydrogens is 206 g/mol. The van der Waals surface area contributed by atoms with Crippen molar-refractivity contribution in [1.29, 1.82) is 0 Å². The molecule has 16 heavy (non-hydrogen) atoms. The van der Waals surface area contributed by atoms with Crippen LogP contribution in [-0.2, 0) is 9.53 Å². The quantitative estimate of drug-likeness (QED) is 0.438. The predicted molar refractivity (Wildman–Crippen MR) is 64.5 cm³/mol. The van der Waals surface area contributed by atoms with Crippen molar-refractivity contribution in [1.82, 2.24) is 4.90 Å². The highest BCUT2D eigenvalue weighted by Crippen LogP contribution is 2.04. The number of nitrogens with zero attached hydrogens (tertiary/aromatic N) is 1. The van der Waals surface area contributed by atoms with E-state index in [1.54, 1.807) is 11.9 Å². The molecule has 0 rings (SSSR count). The predicted octanol–water partition coefficient (Wildman–Crippen LogP) is 2.34. The van der Waals surface area contributed by atoms with Crippen LogP contribution in [0.4, 0.5) is 0 Å². The average Bonchev–Trinajstić information content (AvgIpc) is 2.21. The second kappa shape index (κ2) is 10.9. The van der Waals surface area contributed by atoms with E-state index in [2.05, 4.69) is 6.92 Å². The third-order valence-corrected chi connectivity index (χ3v) is 2.36. The van der Waals surface area contributed by atoms with E-state index in [0.717, 1.165) is 13.0 Å². The standard InChI is InChI=1S/C12H25NO3/c1-3-4-5-6-7-8-9-16-11-13(2)10-12(14)15/h3-11H2,1-2H3,(H,14,15). The van der Waals surface area contributed by atoms with E-state index in [9.17, 15) is 4.79 Å². The molecule has 0 fully saturated rings. The van der Waals surface area contributed by atoms with Crippen molar-refractivity contribution >= 4 is 5.97 Å². The summed E-state index contributed by atoms with van der Waals surface area (Å²) in [7, 11) is 1.75. The first-order chi connectivity index (χ1) is 7.66. The first-order valence-corrected chi connectivity index (χ1v) is 6.15. The smallest absolute Gasteiger partial charge is 0.317 e. The van der Waals surface area contributed by atoms with Gasteiger partial charge in [-0.05, 0) is 13.5 Å². The third-order valence-electron chi connectivity index (χ3n) is 2.36. The Kier molecular flexibility index (Phi) is 10.5. The molecule has 0 aliphatic rings. The number of aliphatic carboxylic acids is 1. The minimum atomic E-state index is -0.814. The molecule has 0 aliphatic carbocycles. The van der Waals surface area contributed by atoms with E-state index in [4.69, 9.17) is 9.84 Å². The first-order valence-electron chi connectivity index (χ1n) is 6.15. The van der Waals surface area contributed by atoms with Crippen LogP contribution in [-0.4, -0.2) is 42.9 Å². The second-order valence-corrected chi connectivity index (χ2v) is 4.21. The monoisotopic (exact) mass is 231 g/mol. The molecule has 4 heteroatoms. The lowest BCUT2D eigenvalue weighted by Gasteiger charge is -2.13. The van der Waals surface area contributed by atoms with Crippen LogP contribution in [0.15, 0.2) is 0 Å². The number of likely N-dealkylation sites (N-methyl/N-ethyl adjacent to an activating group) is 1. The van der Waals surface area contributed by atoms with Gasteiger partial charge in [0.1, 0.15) is 0 Å². The Morgan fingerprint density at radius 2 is 1.81 bits per heavy atom. The van der Waals surface area contributed by atoms with Gasteiger partial charge in [0.05, 0.1) is 13.3 Å². The molecule has 1 N–H and O–H groups in total. The van der Waals surface area contributed by atoms with Crippen molar-refractivity contribution in [2.75, 3.05) is 26.9 Å². The van der Waals surface area contributed by atoms with Crippen LogP contribution < -0.4 is 0 Å². The van der Waals surface area contributed by atoms with E-state index >= 15 is 0 Å². The summed E-state index contributed by atoms with van der Waals surface area (Å²) in [6, 6.07) is 0. The minimum absolute atomic E-state index is 0.0382. The molecule has 0 saturated heterocycles. The molecule has 0 aromatic heterocycles. The maximum absolute atomic E-state index is 10.3. The van der Waals surface area contributed by atoms with Crippen LogP contribution in [0.2, 0.25) is 0 Å². The Labute approximate surface area is 98.6 Å². The van der Waals surface area contributed by atoms with Gasteiger partial charge in [0.15, 0.2) is 0 Å². The number of unbranched alkanes of at least 4 members (excludes halogenated alkanes) is 5. The van der Waals surface area contributed by atoms with Crippen LogP contribution in [0.25, 0.3) is 0 Å². The number of carbonyl (C=O) groups is 1. The lowest BCUT2D eigenvalue weighted by atomic mass is 10.1. The molecule has 0 radical (unpaired) electrons. The summed E-state index contributed by atoms with van der Waals surface area (Å²) in [6.45, 7) is 3.38. The average molecular weight is 231 g/mol. The molecular formula is C12H25NO3. The maximum atomic E-state index is 10.3. The van der Waals surface area contributed by atoms with Gasteiger partial charge in [0.2, 0.25) is 0 Å². The fourth-order valence-electron chi connectivity index (χ4n) is 1.48. The fraction of sp³-hybridized carbons (Fsp3) is 0.917. The topological polar surface area (TPSA) is 49.8 Å². The molecule has 96 valence electrons. The third kappa shape index (κ3) is 11.5. The van der Waals surface area contributed by atoms with Gasteiger partial charge in [-0.3, -0.25) is 9.69 Å². The van der Waals surface area contributed by atoms with Gasteiger partial charge in [-0.1, -0.05) is 39.0 Å². The van der Waals surface area contributed by atoms with Gasteiger partial charge in [-0.2, -0.15) is 0 Å². The molecule has 0 spiro atoms. The molecule has 0 unspecified atom stereocenters. The Morgan fingerprint density at radius 1 is 1.19 bits per heavy atom. The summed E-state index contributed by atoms with van der Waals surface area (Å²) >= 11 is 0. The molecule has 0 amide bonds. The van der Waals surface area contributed by atoms with Gasteiger partial charge in [-0.25, -0.2) is 0 Å². The summed E-state index contributed by atoms with van der Waals surface area (Å²) in [5.74, 6) is -0.814. The molecule has 0 aromatic carbocycles. The maximum Gasteiger partial charge on any atom is 0.317 e. The van der Waals surface area contributed by atoms with Crippen LogP contribution in [0.1, 0.15) is 45.4 Å². The van der Waals surface area contributed by atoms with Gasteiger partial charge >= 0.3 is 5.97 Å². The van der Waals surface area contributed by atoms with Gasteiger partial charge in [0.25, 0.3) is 0 Å². The summed E-state index contributed by atoms with van der Waals surface area (Å²) < 4.78 is 5.37. The Bertz CT molecular complexity index is 174. The van der Waals surface area contributed by atoms with Crippen molar-refractivity contribution in [3.63, 3.8) is 0 Å². The number of hydrogen-bond donors (Lipinski definition) is 1. The van der Waals surface area contributed by atoms with E-state index < -0.39 is 5.97 Å². The zero-order valence-electron chi connectivity index (χ0n) is 10.6. The van der Waals surface area contributed by atoms with Crippen LogP contribution in [0.5, 0.6) is 0 Å². The highest BCUT2D eigenvalue weighted by Gasteiger charge is 2.02. The van der Waals surface area contributed by atoms with E-state index in [1.165, 1.54) is 32.1 Å². The molecule has 4 nitrogen and oxygen atoms in total. The van der Waals surface area contributed by atoms with Crippen LogP contribution >= 0.6 is 0 Å². The van der Waals surface area contributed by atoms with Crippen LogP contribution in [0, 0.1) is 0 Å². The van der Waals surface area contributed by atoms with Gasteiger partial charge < -0.3 is 9.84 Å². The van der Waals surface area contributed by atoms with Crippen molar-refractivity contribution in [3.8, 4) is 0 Å². The lowest BCUT2D eigenvalue weighted by Crippen LogP contribution is -2.28. The lowest BCUT2D eigenvalue weighted by molar-refractivity contribution is -0.139. The van der Waals surface area contributed by atoms with Crippen molar-refractivity contribution in [3.05, 3.63) is 0 Å². The van der Waals surface area contributed by atoms with E-state index in [-0.39, 0.29) is 6.54 Å². The highest BCUT2D eigenvalue weighted by atomic mass is 16.5. The van der Waals surface area contributed by atoms with Gasteiger partial charge in [0, 0.05) is 6.61 Å². The highest BCUT2D eigenvalue weighted by molar-refractivity contribution is 5.68. The number of rotatable bonds is 11. The molecule has 0 aromatic rings. The molecule has 0 heterocycles. The molecule has 0 aliphatic heterocycles. The Hall–Kier alpha value is -0.610. The fourth-order valence-corrected chi connectivity index (χ4v) is 1.48. The summed E-state index contributed by atoms with van der Waals surface area (Å²) in [5, 5.41) is 8.51. The van der Waals surface area contributed by atoms with Crippen molar-refractivity contribution < 1.29 is 14.6 Å². The normalized spacial score (nSPS) is 10.9. The SMILES string of the molecule is CCCCCCCCOCN(C)CC(=O)O. The van der Waals surface area contributed by atoms with Crippen molar-refractivity contribution in [2.24, 2.45) is 0 Å².